The third-order valence-corrected chi connectivity index (χ3v) is 9.22. The van der Waals surface area contributed by atoms with E-state index in [1.165, 1.54) is 19.2 Å². The highest BCUT2D eigenvalue weighted by Crippen LogP contribution is 2.29. The zero-order valence-corrected chi connectivity index (χ0v) is 18.5. The fourth-order valence-corrected chi connectivity index (χ4v) is 7.30. The van der Waals surface area contributed by atoms with Gasteiger partial charge in [-0.05, 0) is 37.5 Å². The van der Waals surface area contributed by atoms with Crippen LogP contribution >= 0.6 is 0 Å². The van der Waals surface area contributed by atoms with Gasteiger partial charge in [0.2, 0.25) is 10.0 Å². The van der Waals surface area contributed by atoms with Gasteiger partial charge in [0.1, 0.15) is 10.6 Å². The number of sulfonamides is 1. The number of carbonyl (C=O) groups excluding carboxylic acids is 1. The molecule has 9 nitrogen and oxygen atoms in total. The molecule has 0 unspecified atom stereocenters. The molecule has 1 amide bonds. The van der Waals surface area contributed by atoms with Gasteiger partial charge in [-0.25, -0.2) is 21.6 Å². The molecular weight excluding hydrogens is 430 g/mol. The zero-order chi connectivity index (χ0) is 21.5. The highest BCUT2D eigenvalue weighted by Gasteiger charge is 2.35. The lowest BCUT2D eigenvalue weighted by atomic mass is 10.1. The molecule has 0 aromatic heterocycles. The van der Waals surface area contributed by atoms with E-state index in [0.717, 1.165) is 12.8 Å². The molecule has 1 saturated carbocycles. The molecule has 2 heterocycles. The van der Waals surface area contributed by atoms with Crippen molar-refractivity contribution in [3.63, 3.8) is 0 Å². The molecule has 1 atom stereocenters. The number of nitrogens with zero attached hydrogens (tertiary/aromatic N) is 2. The van der Waals surface area contributed by atoms with E-state index in [9.17, 15) is 21.6 Å². The molecule has 2 saturated heterocycles. The summed E-state index contributed by atoms with van der Waals surface area (Å²) in [6, 6.07) is 4.44. The van der Waals surface area contributed by atoms with Gasteiger partial charge in [-0.2, -0.15) is 0 Å². The van der Waals surface area contributed by atoms with Crippen LogP contribution in [0.15, 0.2) is 23.1 Å². The molecule has 0 radical (unpaired) electrons. The predicted octanol–water partition coefficient (Wildman–Crippen LogP) is 0.0808. The molecule has 30 heavy (non-hydrogen) atoms. The minimum Gasteiger partial charge on any atom is -0.495 e. The summed E-state index contributed by atoms with van der Waals surface area (Å²) >= 11 is 0. The summed E-state index contributed by atoms with van der Waals surface area (Å²) in [6.45, 7) is 2.17. The average molecular weight is 458 g/mol. The maximum Gasteiger partial charge on any atom is 0.253 e. The first-order valence-corrected chi connectivity index (χ1v) is 13.4. The van der Waals surface area contributed by atoms with Gasteiger partial charge in [-0.15, -0.1) is 0 Å². The average Bonchev–Trinajstić information content (AvgIpc) is 3.45. The standard InChI is InChI=1S/C19H27N3O6S2/c1-28-17-5-2-14(12-18(17)30(26,27)20-15-3-4-15)19(23)22-9-7-21(8-10-22)16-6-11-29(24,25)13-16/h2,5,12,15-16,20H,3-4,6-11,13H2,1H3/t16-/m0/s1. The summed E-state index contributed by atoms with van der Waals surface area (Å²) in [5.41, 5.74) is 0.295. The Morgan fingerprint density at radius 2 is 1.83 bits per heavy atom. The molecular formula is C19H27N3O6S2. The Kier molecular flexibility index (Phi) is 5.82. The lowest BCUT2D eigenvalue weighted by Gasteiger charge is -2.37. The number of hydrogen-bond acceptors (Lipinski definition) is 7. The fraction of sp³-hybridized carbons (Fsp3) is 0.632. The molecule has 4 rings (SSSR count). The van der Waals surface area contributed by atoms with Gasteiger partial charge >= 0.3 is 0 Å². The maximum absolute atomic E-state index is 13.0. The summed E-state index contributed by atoms with van der Waals surface area (Å²) in [5.74, 6) is 0.384. The van der Waals surface area contributed by atoms with Gasteiger partial charge < -0.3 is 9.64 Å². The van der Waals surface area contributed by atoms with Crippen LogP contribution in [0.1, 0.15) is 29.6 Å². The van der Waals surface area contributed by atoms with Gasteiger partial charge in [-0.3, -0.25) is 9.69 Å². The molecule has 1 N–H and O–H groups in total. The second-order valence-corrected chi connectivity index (χ2v) is 12.1. The number of ether oxygens (including phenoxy) is 1. The lowest BCUT2D eigenvalue weighted by Crippen LogP contribution is -2.52. The van der Waals surface area contributed by atoms with E-state index in [2.05, 4.69) is 9.62 Å². The van der Waals surface area contributed by atoms with E-state index in [-0.39, 0.29) is 40.1 Å². The van der Waals surface area contributed by atoms with Crippen molar-refractivity contribution >= 4 is 25.8 Å². The Morgan fingerprint density at radius 1 is 1.13 bits per heavy atom. The molecule has 11 heteroatoms. The molecule has 166 valence electrons. The fourth-order valence-electron chi connectivity index (χ4n) is 4.04. The Bertz CT molecular complexity index is 1030. The number of sulfone groups is 1. The minimum absolute atomic E-state index is 0.0264. The van der Waals surface area contributed by atoms with Gasteiger partial charge in [0, 0.05) is 43.8 Å². The van der Waals surface area contributed by atoms with Crippen molar-refractivity contribution in [1.82, 2.24) is 14.5 Å². The van der Waals surface area contributed by atoms with Crippen LogP contribution in [0.2, 0.25) is 0 Å². The number of amides is 1. The van der Waals surface area contributed by atoms with E-state index >= 15 is 0 Å². The van der Waals surface area contributed by atoms with Crippen LogP contribution in [0.5, 0.6) is 5.75 Å². The van der Waals surface area contributed by atoms with Crippen molar-refractivity contribution in [2.75, 3.05) is 44.8 Å². The minimum atomic E-state index is -3.77. The van der Waals surface area contributed by atoms with Crippen molar-refractivity contribution in [2.45, 2.75) is 36.2 Å². The van der Waals surface area contributed by atoms with Crippen molar-refractivity contribution in [2.24, 2.45) is 0 Å². The van der Waals surface area contributed by atoms with E-state index in [0.29, 0.717) is 38.2 Å². The number of rotatable bonds is 6. The normalized spacial score (nSPS) is 24.7. The zero-order valence-electron chi connectivity index (χ0n) is 16.9. The smallest absolute Gasteiger partial charge is 0.253 e. The molecule has 0 bridgehead atoms. The van der Waals surface area contributed by atoms with Crippen molar-refractivity contribution in [3.05, 3.63) is 23.8 Å². The number of hydrogen-bond donors (Lipinski definition) is 1. The first-order valence-electron chi connectivity index (χ1n) is 10.1. The van der Waals surface area contributed by atoms with Crippen molar-refractivity contribution in [1.29, 1.82) is 0 Å². The summed E-state index contributed by atoms with van der Waals surface area (Å²) in [6.07, 6.45) is 2.27. The third kappa shape index (κ3) is 4.63. The molecule has 2 aliphatic heterocycles. The Hall–Kier alpha value is -1.69. The number of benzene rings is 1. The van der Waals surface area contributed by atoms with Crippen LogP contribution < -0.4 is 9.46 Å². The van der Waals surface area contributed by atoms with Crippen LogP contribution in [-0.4, -0.2) is 89.4 Å². The van der Waals surface area contributed by atoms with Gasteiger partial charge in [0.25, 0.3) is 5.91 Å². The third-order valence-electron chi connectivity index (χ3n) is 5.93. The summed E-state index contributed by atoms with van der Waals surface area (Å²) < 4.78 is 56.6. The van der Waals surface area contributed by atoms with Crippen molar-refractivity contribution in [3.8, 4) is 5.75 Å². The van der Waals surface area contributed by atoms with E-state index in [1.54, 1.807) is 11.0 Å². The van der Waals surface area contributed by atoms with Gasteiger partial charge in [0.15, 0.2) is 9.84 Å². The molecule has 0 spiro atoms. The Morgan fingerprint density at radius 3 is 2.40 bits per heavy atom. The van der Waals surface area contributed by atoms with Crippen LogP contribution in [-0.2, 0) is 19.9 Å². The Balaban J connectivity index is 1.45. The quantitative estimate of drug-likeness (QED) is 0.644. The monoisotopic (exact) mass is 457 g/mol. The van der Waals surface area contributed by atoms with Crippen LogP contribution in [0, 0.1) is 0 Å². The van der Waals surface area contributed by atoms with E-state index < -0.39 is 19.9 Å². The van der Waals surface area contributed by atoms with E-state index in [1.807, 2.05) is 0 Å². The number of nitrogens with one attached hydrogen (secondary N) is 1. The lowest BCUT2D eigenvalue weighted by molar-refractivity contribution is 0.0587. The topological polar surface area (TPSA) is 113 Å². The van der Waals surface area contributed by atoms with Crippen molar-refractivity contribution < 1.29 is 26.4 Å². The molecule has 3 aliphatic rings. The maximum atomic E-state index is 13.0. The van der Waals surface area contributed by atoms with Crippen LogP contribution in [0.3, 0.4) is 0 Å². The second-order valence-electron chi connectivity index (χ2n) is 8.15. The van der Waals surface area contributed by atoms with Crippen LogP contribution in [0.4, 0.5) is 0 Å². The summed E-state index contributed by atoms with van der Waals surface area (Å²) in [4.78, 5) is 16.8. The highest BCUT2D eigenvalue weighted by molar-refractivity contribution is 7.91. The predicted molar refractivity (Wildman–Crippen MR) is 111 cm³/mol. The first-order chi connectivity index (χ1) is 14.2. The second kappa shape index (κ2) is 8.10. The molecule has 3 fully saturated rings. The van der Waals surface area contributed by atoms with Gasteiger partial charge in [-0.1, -0.05) is 0 Å². The number of piperazine rings is 1. The van der Waals surface area contributed by atoms with Gasteiger partial charge in [0.05, 0.1) is 18.6 Å². The van der Waals surface area contributed by atoms with E-state index in [4.69, 9.17) is 4.74 Å². The Labute approximate surface area is 177 Å². The molecule has 1 aromatic rings. The SMILES string of the molecule is COc1ccc(C(=O)N2CCN([C@H]3CCS(=O)(=O)C3)CC2)cc1S(=O)(=O)NC1CC1. The van der Waals surface area contributed by atoms with Crippen LogP contribution in [0.25, 0.3) is 0 Å². The first kappa shape index (κ1) is 21.5. The summed E-state index contributed by atoms with van der Waals surface area (Å²) in [5, 5.41) is 0. The number of methoxy groups -OCH3 is 1. The summed E-state index contributed by atoms with van der Waals surface area (Å²) in [7, 11) is -5.31. The molecule has 1 aliphatic carbocycles. The molecule has 1 aromatic carbocycles. The largest absolute Gasteiger partial charge is 0.495 e. The highest BCUT2D eigenvalue weighted by atomic mass is 32.2. The number of carbonyl (C=O) groups is 1.